The van der Waals surface area contributed by atoms with Crippen LogP contribution in [0.5, 0.6) is 0 Å². The molecule has 1 fully saturated rings. The Kier molecular flexibility index (Phi) is 6.42. The monoisotopic (exact) mass is 416 g/mol. The number of carboxylic acid groups (broad SMARTS) is 1. The molecule has 0 aliphatic carbocycles. The van der Waals surface area contributed by atoms with E-state index >= 15 is 0 Å². The number of hydrogen-bond donors (Lipinski definition) is 3. The summed E-state index contributed by atoms with van der Waals surface area (Å²) in [5, 5.41) is 21.7. The summed E-state index contributed by atoms with van der Waals surface area (Å²) >= 11 is 6.07. The Balaban J connectivity index is 1.74. The van der Waals surface area contributed by atoms with E-state index in [1.54, 1.807) is 6.92 Å². The summed E-state index contributed by atoms with van der Waals surface area (Å²) in [7, 11) is 0. The van der Waals surface area contributed by atoms with Crippen molar-refractivity contribution in [3.05, 3.63) is 57.9 Å². The number of nitriles is 1. The molecule has 3 rings (SSSR count). The van der Waals surface area contributed by atoms with Crippen molar-refractivity contribution in [2.75, 3.05) is 13.1 Å². The lowest BCUT2D eigenvalue weighted by Gasteiger charge is -2.37. The van der Waals surface area contributed by atoms with Crippen LogP contribution in [-0.4, -0.2) is 52.2 Å². The molecule has 3 N–H and O–H groups in total. The summed E-state index contributed by atoms with van der Waals surface area (Å²) in [5.41, 5.74) is 1.67. The zero-order chi connectivity index (χ0) is 21.0. The van der Waals surface area contributed by atoms with Crippen LogP contribution in [0.2, 0.25) is 5.02 Å². The van der Waals surface area contributed by atoms with Gasteiger partial charge in [-0.15, -0.1) is 0 Å². The maximum absolute atomic E-state index is 12.8. The van der Waals surface area contributed by atoms with E-state index < -0.39 is 24.1 Å². The van der Waals surface area contributed by atoms with Gasteiger partial charge in [0, 0.05) is 12.2 Å². The lowest BCUT2D eigenvalue weighted by molar-refractivity contribution is -0.0251. The largest absolute Gasteiger partial charge is 0.465 e. The van der Waals surface area contributed by atoms with Crippen LogP contribution in [0.3, 0.4) is 0 Å². The molecule has 8 nitrogen and oxygen atoms in total. The third kappa shape index (κ3) is 4.70. The molecule has 29 heavy (non-hydrogen) atoms. The fraction of sp³-hybridized carbons (Fsp3) is 0.350. The zero-order valence-electron chi connectivity index (χ0n) is 15.8. The number of amides is 2. The fourth-order valence-electron chi connectivity index (χ4n) is 3.32. The van der Waals surface area contributed by atoms with Crippen molar-refractivity contribution < 1.29 is 19.4 Å². The number of halogens is 1. The van der Waals surface area contributed by atoms with Crippen LogP contribution in [-0.2, 0) is 11.3 Å². The van der Waals surface area contributed by atoms with E-state index in [2.05, 4.69) is 10.3 Å². The topological polar surface area (TPSA) is 118 Å². The van der Waals surface area contributed by atoms with Gasteiger partial charge in [0.05, 0.1) is 30.3 Å². The van der Waals surface area contributed by atoms with Crippen LogP contribution < -0.4 is 5.32 Å². The number of piperidine rings is 1. The molecule has 2 atom stereocenters. The smallest absolute Gasteiger partial charge is 0.407 e. The number of likely N-dealkylation sites (tertiary alicyclic amines) is 1. The first-order chi connectivity index (χ1) is 13.9. The number of H-pyrrole nitrogens is 1. The highest BCUT2D eigenvalue weighted by molar-refractivity contribution is 6.33. The van der Waals surface area contributed by atoms with Crippen molar-refractivity contribution in [3.63, 3.8) is 0 Å². The second kappa shape index (κ2) is 8.99. The number of aromatic amines is 1. The SMILES string of the molecule is Cc1[nH]c(C(=O)N[C@@H]2CCN(C(=O)O)C[C@@H]2OCc2ccccc2)c(C#N)c1Cl. The summed E-state index contributed by atoms with van der Waals surface area (Å²) in [5.74, 6) is -0.473. The number of benzene rings is 1. The minimum Gasteiger partial charge on any atom is -0.465 e. The molecule has 1 aromatic carbocycles. The van der Waals surface area contributed by atoms with Crippen molar-refractivity contribution >= 4 is 23.6 Å². The summed E-state index contributed by atoms with van der Waals surface area (Å²) in [6.07, 6.45) is -1.16. The Labute approximate surface area is 173 Å². The van der Waals surface area contributed by atoms with E-state index in [0.29, 0.717) is 18.7 Å². The van der Waals surface area contributed by atoms with Crippen LogP contribution >= 0.6 is 11.6 Å². The minimum atomic E-state index is -1.03. The van der Waals surface area contributed by atoms with Gasteiger partial charge in [-0.05, 0) is 18.9 Å². The molecule has 1 aliphatic heterocycles. The standard InChI is InChI=1S/C20H21ClN4O4/c1-12-17(21)14(9-22)18(23-12)19(26)24-15-7-8-25(20(27)28)10-16(15)29-11-13-5-3-2-4-6-13/h2-6,15-16,23H,7-8,10-11H2,1H3,(H,24,26)(H,27,28)/t15-,16+/m1/s1. The van der Waals surface area contributed by atoms with Gasteiger partial charge < -0.3 is 25.0 Å². The number of nitrogens with zero attached hydrogens (tertiary/aromatic N) is 2. The average molecular weight is 417 g/mol. The first-order valence-electron chi connectivity index (χ1n) is 9.13. The number of aryl methyl sites for hydroxylation is 1. The number of rotatable bonds is 5. The molecule has 0 unspecified atom stereocenters. The predicted molar refractivity (Wildman–Crippen MR) is 106 cm³/mol. The highest BCUT2D eigenvalue weighted by atomic mass is 35.5. The van der Waals surface area contributed by atoms with E-state index in [9.17, 15) is 20.0 Å². The summed E-state index contributed by atoms with van der Waals surface area (Å²) < 4.78 is 5.96. The van der Waals surface area contributed by atoms with Gasteiger partial charge in [0.2, 0.25) is 0 Å². The highest BCUT2D eigenvalue weighted by Crippen LogP contribution is 2.24. The second-order valence-corrected chi connectivity index (χ2v) is 7.24. The molecular formula is C20H21ClN4O4. The van der Waals surface area contributed by atoms with E-state index in [1.165, 1.54) is 4.90 Å². The molecule has 2 aromatic rings. The highest BCUT2D eigenvalue weighted by Gasteiger charge is 2.34. The number of carbonyl (C=O) groups is 2. The first-order valence-corrected chi connectivity index (χ1v) is 9.51. The summed E-state index contributed by atoms with van der Waals surface area (Å²) in [4.78, 5) is 28.2. The molecule has 1 aliphatic rings. The summed E-state index contributed by atoms with van der Waals surface area (Å²) in [6, 6.07) is 11.0. The van der Waals surface area contributed by atoms with Gasteiger partial charge in [-0.3, -0.25) is 4.79 Å². The number of aromatic nitrogens is 1. The lowest BCUT2D eigenvalue weighted by Crippen LogP contribution is -2.56. The Morgan fingerprint density at radius 2 is 2.14 bits per heavy atom. The molecular weight excluding hydrogens is 396 g/mol. The molecule has 2 amide bonds. The van der Waals surface area contributed by atoms with Crippen LogP contribution in [0.1, 0.15) is 33.7 Å². The maximum atomic E-state index is 12.8. The first kappa shape index (κ1) is 20.7. The molecule has 2 heterocycles. The van der Waals surface area contributed by atoms with Crippen LogP contribution in [0.15, 0.2) is 30.3 Å². The van der Waals surface area contributed by atoms with Crippen LogP contribution in [0.4, 0.5) is 4.79 Å². The molecule has 1 aromatic heterocycles. The van der Waals surface area contributed by atoms with Crippen molar-refractivity contribution in [2.24, 2.45) is 0 Å². The van der Waals surface area contributed by atoms with Crippen molar-refractivity contribution in [2.45, 2.75) is 32.1 Å². The van der Waals surface area contributed by atoms with E-state index in [-0.39, 0.29) is 29.4 Å². The third-order valence-corrected chi connectivity index (χ3v) is 5.38. The van der Waals surface area contributed by atoms with Gasteiger partial charge in [-0.1, -0.05) is 41.9 Å². The predicted octanol–water partition coefficient (Wildman–Crippen LogP) is 2.92. The molecule has 152 valence electrons. The van der Waals surface area contributed by atoms with Crippen molar-refractivity contribution in [3.8, 4) is 6.07 Å². The second-order valence-electron chi connectivity index (χ2n) is 6.86. The van der Waals surface area contributed by atoms with Crippen molar-refractivity contribution in [1.82, 2.24) is 15.2 Å². The van der Waals surface area contributed by atoms with Crippen LogP contribution in [0.25, 0.3) is 0 Å². The average Bonchev–Trinajstić information content (AvgIpc) is 3.01. The van der Waals surface area contributed by atoms with Gasteiger partial charge in [0.25, 0.3) is 5.91 Å². The Hall–Kier alpha value is -3.02. The number of carbonyl (C=O) groups excluding carboxylic acids is 1. The molecule has 0 bridgehead atoms. The molecule has 0 saturated carbocycles. The quantitative estimate of drug-likeness (QED) is 0.692. The summed E-state index contributed by atoms with van der Waals surface area (Å²) in [6.45, 7) is 2.39. The van der Waals surface area contributed by atoms with Gasteiger partial charge in [-0.2, -0.15) is 5.26 Å². The van der Waals surface area contributed by atoms with E-state index in [4.69, 9.17) is 16.3 Å². The Morgan fingerprint density at radius 3 is 2.79 bits per heavy atom. The lowest BCUT2D eigenvalue weighted by atomic mass is 10.0. The Morgan fingerprint density at radius 1 is 1.41 bits per heavy atom. The number of nitrogens with one attached hydrogen (secondary N) is 2. The normalized spacial score (nSPS) is 18.9. The van der Waals surface area contributed by atoms with Gasteiger partial charge in [0.15, 0.2) is 0 Å². The maximum Gasteiger partial charge on any atom is 0.407 e. The number of ether oxygens (including phenoxy) is 1. The molecule has 0 radical (unpaired) electrons. The van der Waals surface area contributed by atoms with E-state index in [1.807, 2.05) is 36.4 Å². The van der Waals surface area contributed by atoms with E-state index in [0.717, 1.165) is 5.56 Å². The zero-order valence-corrected chi connectivity index (χ0v) is 16.6. The van der Waals surface area contributed by atoms with Crippen LogP contribution in [0, 0.1) is 18.3 Å². The molecule has 1 saturated heterocycles. The van der Waals surface area contributed by atoms with Crippen molar-refractivity contribution in [1.29, 1.82) is 5.26 Å². The fourth-order valence-corrected chi connectivity index (χ4v) is 3.50. The minimum absolute atomic E-state index is 0.0893. The van der Waals surface area contributed by atoms with Gasteiger partial charge >= 0.3 is 6.09 Å². The third-order valence-electron chi connectivity index (χ3n) is 4.90. The van der Waals surface area contributed by atoms with Gasteiger partial charge in [-0.25, -0.2) is 4.79 Å². The molecule has 9 heteroatoms. The molecule has 0 spiro atoms. The Bertz CT molecular complexity index is 938. The number of hydrogen-bond acceptors (Lipinski definition) is 4. The van der Waals surface area contributed by atoms with Gasteiger partial charge in [0.1, 0.15) is 17.3 Å².